The Bertz CT molecular complexity index is 716. The number of hydrogen-bond acceptors (Lipinski definition) is 2. The van der Waals surface area contributed by atoms with Crippen molar-refractivity contribution in [2.45, 2.75) is 6.54 Å². The van der Waals surface area contributed by atoms with Crippen LogP contribution >= 0.6 is 0 Å². The van der Waals surface area contributed by atoms with Crippen LogP contribution in [0.25, 0.3) is 0 Å². The van der Waals surface area contributed by atoms with Crippen LogP contribution in [0, 0.1) is 22.6 Å². The molecule has 0 unspecified atom stereocenters. The number of amidine groups is 1. The predicted molar refractivity (Wildman–Crippen MR) is 70.6 cm³/mol. The molecule has 19 heavy (non-hydrogen) atoms. The van der Waals surface area contributed by atoms with E-state index in [9.17, 15) is 4.39 Å². The minimum absolute atomic E-state index is 0.00116. The molecule has 0 spiro atoms. The maximum absolute atomic E-state index is 13.3. The van der Waals surface area contributed by atoms with E-state index in [4.69, 9.17) is 10.7 Å². The molecule has 0 saturated carbocycles. The topological polar surface area (TPSA) is 50.9 Å². The van der Waals surface area contributed by atoms with Gasteiger partial charge in [-0.1, -0.05) is 24.3 Å². The monoisotopic (exact) mass is 251 g/mol. The van der Waals surface area contributed by atoms with Gasteiger partial charge in [-0.2, -0.15) is 5.26 Å². The number of hydrogen-bond donors (Lipinski definition) is 1. The van der Waals surface area contributed by atoms with Gasteiger partial charge in [0, 0.05) is 11.3 Å². The fourth-order valence-electron chi connectivity index (χ4n) is 2.27. The zero-order valence-corrected chi connectivity index (χ0v) is 10.0. The van der Waals surface area contributed by atoms with Gasteiger partial charge in [0.25, 0.3) is 0 Å². The minimum atomic E-state index is -0.533. The molecule has 1 heterocycles. The van der Waals surface area contributed by atoms with Crippen LogP contribution in [0.3, 0.4) is 0 Å². The molecule has 0 bridgehead atoms. The summed E-state index contributed by atoms with van der Waals surface area (Å²) in [6, 6.07) is 13.9. The van der Waals surface area contributed by atoms with Gasteiger partial charge >= 0.3 is 0 Å². The average Bonchev–Trinajstić information content (AvgIpc) is 2.77. The molecule has 0 saturated heterocycles. The highest BCUT2D eigenvalue weighted by atomic mass is 19.1. The third-order valence-corrected chi connectivity index (χ3v) is 3.25. The van der Waals surface area contributed by atoms with Crippen LogP contribution in [0.1, 0.15) is 16.7 Å². The molecular formula is C15H10FN3. The lowest BCUT2D eigenvalue weighted by Crippen LogP contribution is -2.23. The Hall–Kier alpha value is -2.67. The SMILES string of the molecule is N#Cc1cc(N2Cc3ccccc3C2=N)ccc1F. The molecular weight excluding hydrogens is 241 g/mol. The minimum Gasteiger partial charge on any atom is -0.322 e. The average molecular weight is 251 g/mol. The van der Waals surface area contributed by atoms with Crippen molar-refractivity contribution in [3.63, 3.8) is 0 Å². The van der Waals surface area contributed by atoms with Crippen LogP contribution in [-0.4, -0.2) is 5.84 Å². The van der Waals surface area contributed by atoms with E-state index in [2.05, 4.69) is 0 Å². The van der Waals surface area contributed by atoms with Crippen molar-refractivity contribution in [1.29, 1.82) is 10.7 Å². The summed E-state index contributed by atoms with van der Waals surface area (Å²) in [5.41, 5.74) is 2.61. The van der Waals surface area contributed by atoms with E-state index in [-0.39, 0.29) is 5.56 Å². The second kappa shape index (κ2) is 4.21. The van der Waals surface area contributed by atoms with Gasteiger partial charge in [-0.3, -0.25) is 5.41 Å². The number of anilines is 1. The van der Waals surface area contributed by atoms with Crippen LogP contribution in [-0.2, 0) is 6.54 Å². The molecule has 0 aliphatic carbocycles. The molecule has 0 fully saturated rings. The van der Waals surface area contributed by atoms with Gasteiger partial charge in [-0.15, -0.1) is 0 Å². The smallest absolute Gasteiger partial charge is 0.141 e. The molecule has 3 rings (SSSR count). The number of rotatable bonds is 1. The van der Waals surface area contributed by atoms with E-state index in [1.165, 1.54) is 12.1 Å². The standard InChI is InChI=1S/C15H10FN3/c16-14-6-5-12(7-11(14)8-17)19-9-10-3-1-2-4-13(10)15(19)18/h1-7,18H,9H2. The molecule has 92 valence electrons. The number of fused-ring (bicyclic) bond motifs is 1. The van der Waals surface area contributed by atoms with Crippen LogP contribution in [0.5, 0.6) is 0 Å². The lowest BCUT2D eigenvalue weighted by molar-refractivity contribution is 0.624. The quantitative estimate of drug-likeness (QED) is 0.846. The number of nitrogens with zero attached hydrogens (tertiary/aromatic N) is 2. The lowest BCUT2D eigenvalue weighted by atomic mass is 10.1. The number of nitrogens with one attached hydrogen (secondary N) is 1. The van der Waals surface area contributed by atoms with Crippen molar-refractivity contribution in [3.05, 3.63) is 65.0 Å². The third-order valence-electron chi connectivity index (χ3n) is 3.25. The summed E-state index contributed by atoms with van der Waals surface area (Å²) in [4.78, 5) is 1.77. The van der Waals surface area contributed by atoms with Crippen LogP contribution < -0.4 is 4.90 Å². The van der Waals surface area contributed by atoms with Crippen LogP contribution in [0.15, 0.2) is 42.5 Å². The molecule has 2 aromatic carbocycles. The zero-order valence-electron chi connectivity index (χ0n) is 10.0. The largest absolute Gasteiger partial charge is 0.322 e. The summed E-state index contributed by atoms with van der Waals surface area (Å²) in [5, 5.41) is 17.0. The van der Waals surface area contributed by atoms with Crippen molar-refractivity contribution < 1.29 is 4.39 Å². The molecule has 2 aromatic rings. The molecule has 0 atom stereocenters. The van der Waals surface area contributed by atoms with Crippen molar-refractivity contribution in [3.8, 4) is 6.07 Å². The highest BCUT2D eigenvalue weighted by Crippen LogP contribution is 2.29. The Labute approximate surface area is 110 Å². The lowest BCUT2D eigenvalue weighted by Gasteiger charge is -2.18. The first kappa shape index (κ1) is 11.4. The Kier molecular flexibility index (Phi) is 2.53. The van der Waals surface area contributed by atoms with Gasteiger partial charge < -0.3 is 4.90 Å². The number of halogens is 1. The van der Waals surface area contributed by atoms with Gasteiger partial charge in [-0.05, 0) is 23.8 Å². The normalized spacial score (nSPS) is 13.3. The molecule has 4 heteroatoms. The van der Waals surface area contributed by atoms with Gasteiger partial charge in [0.2, 0.25) is 0 Å². The van der Waals surface area contributed by atoms with E-state index < -0.39 is 5.82 Å². The Morgan fingerprint density at radius 3 is 2.74 bits per heavy atom. The van der Waals surface area contributed by atoms with Gasteiger partial charge in [0.05, 0.1) is 12.1 Å². The van der Waals surface area contributed by atoms with E-state index in [1.54, 1.807) is 11.0 Å². The van der Waals surface area contributed by atoms with E-state index in [0.29, 0.717) is 18.1 Å². The van der Waals surface area contributed by atoms with Gasteiger partial charge in [-0.25, -0.2) is 4.39 Å². The van der Waals surface area contributed by atoms with E-state index in [0.717, 1.165) is 11.1 Å². The molecule has 3 nitrogen and oxygen atoms in total. The molecule has 0 aromatic heterocycles. The van der Waals surface area contributed by atoms with Crippen LogP contribution in [0.4, 0.5) is 10.1 Å². The van der Waals surface area contributed by atoms with E-state index >= 15 is 0 Å². The summed E-state index contributed by atoms with van der Waals surface area (Å²) in [6.45, 7) is 0.575. The van der Waals surface area contributed by atoms with Gasteiger partial charge in [0.1, 0.15) is 17.7 Å². The first-order valence-electron chi connectivity index (χ1n) is 5.84. The first-order valence-corrected chi connectivity index (χ1v) is 5.84. The fraction of sp³-hybridized carbons (Fsp3) is 0.0667. The van der Waals surface area contributed by atoms with Crippen molar-refractivity contribution in [2.75, 3.05) is 4.90 Å². The second-order valence-corrected chi connectivity index (χ2v) is 4.37. The molecule has 0 radical (unpaired) electrons. The van der Waals surface area contributed by atoms with Crippen molar-refractivity contribution in [1.82, 2.24) is 0 Å². The highest BCUT2D eigenvalue weighted by Gasteiger charge is 2.25. The third kappa shape index (κ3) is 1.76. The summed E-state index contributed by atoms with van der Waals surface area (Å²) < 4.78 is 13.3. The molecule has 0 amide bonds. The first-order chi connectivity index (χ1) is 9.20. The van der Waals surface area contributed by atoms with E-state index in [1.807, 2.05) is 30.3 Å². The second-order valence-electron chi connectivity index (χ2n) is 4.37. The highest BCUT2D eigenvalue weighted by molar-refractivity contribution is 6.11. The molecule has 1 aliphatic heterocycles. The zero-order chi connectivity index (χ0) is 13.4. The number of nitriles is 1. The van der Waals surface area contributed by atoms with Crippen LogP contribution in [0.2, 0.25) is 0 Å². The van der Waals surface area contributed by atoms with Crippen molar-refractivity contribution in [2.24, 2.45) is 0 Å². The predicted octanol–water partition coefficient (Wildman–Crippen LogP) is 3.04. The molecule has 1 aliphatic rings. The van der Waals surface area contributed by atoms with Gasteiger partial charge in [0.15, 0.2) is 0 Å². The molecule has 1 N–H and O–H groups in total. The Balaban J connectivity index is 2.03. The summed E-state index contributed by atoms with van der Waals surface area (Å²) in [7, 11) is 0. The maximum Gasteiger partial charge on any atom is 0.141 e. The number of benzene rings is 2. The summed E-state index contributed by atoms with van der Waals surface area (Å²) >= 11 is 0. The summed E-state index contributed by atoms with van der Waals surface area (Å²) in [5.74, 6) is -0.152. The maximum atomic E-state index is 13.3. The Morgan fingerprint density at radius 1 is 1.21 bits per heavy atom. The van der Waals surface area contributed by atoms with Crippen molar-refractivity contribution >= 4 is 11.5 Å². The summed E-state index contributed by atoms with van der Waals surface area (Å²) in [6.07, 6.45) is 0. The fourth-order valence-corrected chi connectivity index (χ4v) is 2.27. The Morgan fingerprint density at radius 2 is 2.00 bits per heavy atom.